The van der Waals surface area contributed by atoms with E-state index < -0.39 is 6.10 Å². The summed E-state index contributed by atoms with van der Waals surface area (Å²) in [5.74, 6) is -0.296. The van der Waals surface area contributed by atoms with Crippen LogP contribution in [0.4, 0.5) is 0 Å². The van der Waals surface area contributed by atoms with Crippen LogP contribution in [0.2, 0.25) is 0 Å². The van der Waals surface area contributed by atoms with Gasteiger partial charge >= 0.3 is 0 Å². The Morgan fingerprint density at radius 2 is 2.00 bits per heavy atom. The number of aliphatic hydroxyl groups is 1. The molecular weight excluding hydrogens is 128 g/mol. The maximum Gasteiger partial charge on any atom is 0.125 e. The van der Waals surface area contributed by atoms with E-state index in [0.29, 0.717) is 0 Å². The zero-order valence-corrected chi connectivity index (χ0v) is 6.66. The Balaban J connectivity index is 3.95. The highest BCUT2D eigenvalue weighted by Crippen LogP contribution is 2.03. The third kappa shape index (κ3) is 3.41. The molecule has 2 atom stereocenters. The maximum atomic E-state index is 10.1. The lowest BCUT2D eigenvalue weighted by Gasteiger charge is -2.07. The summed E-state index contributed by atoms with van der Waals surface area (Å²) in [6, 6.07) is 0. The minimum absolute atomic E-state index is 0.296. The van der Waals surface area contributed by atoms with Crippen molar-refractivity contribution in [2.45, 2.75) is 26.9 Å². The van der Waals surface area contributed by atoms with Crippen molar-refractivity contribution < 1.29 is 9.90 Å². The molecule has 2 unspecified atom stereocenters. The van der Waals surface area contributed by atoms with Crippen molar-refractivity contribution in [2.75, 3.05) is 0 Å². The predicted molar refractivity (Wildman–Crippen MR) is 40.7 cm³/mol. The molecule has 0 spiro atoms. The number of aldehydes is 1. The van der Waals surface area contributed by atoms with E-state index >= 15 is 0 Å². The second-order valence-corrected chi connectivity index (χ2v) is 2.73. The molecule has 0 bridgehead atoms. The fourth-order valence-corrected chi connectivity index (χ4v) is 0.574. The first-order chi connectivity index (χ1) is 4.57. The van der Waals surface area contributed by atoms with Gasteiger partial charge in [-0.3, -0.25) is 0 Å². The molecule has 10 heavy (non-hydrogen) atoms. The van der Waals surface area contributed by atoms with Gasteiger partial charge in [-0.15, -0.1) is 0 Å². The average Bonchev–Trinajstić information content (AvgIpc) is 1.85. The van der Waals surface area contributed by atoms with Crippen LogP contribution in [-0.2, 0) is 4.79 Å². The zero-order chi connectivity index (χ0) is 8.15. The number of aliphatic hydroxyl groups excluding tert-OH is 1. The number of carbonyl (C=O) groups excluding carboxylic acids is 1. The van der Waals surface area contributed by atoms with Gasteiger partial charge in [0.1, 0.15) is 6.29 Å². The molecular formula is C8H14O2. The number of carbonyl (C=O) groups is 1. The Bertz CT molecular complexity index is 134. The molecule has 0 rings (SSSR count). The number of hydrogen-bond acceptors (Lipinski definition) is 2. The normalized spacial score (nSPS) is 15.6. The van der Waals surface area contributed by atoms with Crippen LogP contribution in [0.3, 0.4) is 0 Å². The van der Waals surface area contributed by atoms with Gasteiger partial charge in [0, 0.05) is 5.92 Å². The van der Waals surface area contributed by atoms with Crippen LogP contribution in [0.25, 0.3) is 0 Å². The van der Waals surface area contributed by atoms with Crippen molar-refractivity contribution in [1.29, 1.82) is 0 Å². The average molecular weight is 142 g/mol. The van der Waals surface area contributed by atoms with E-state index in [2.05, 4.69) is 0 Å². The maximum absolute atomic E-state index is 10.1. The highest BCUT2D eigenvalue weighted by molar-refractivity contribution is 5.54. The van der Waals surface area contributed by atoms with Crippen LogP contribution >= 0.6 is 0 Å². The molecule has 2 nitrogen and oxygen atoms in total. The first kappa shape index (κ1) is 9.37. The summed E-state index contributed by atoms with van der Waals surface area (Å²) in [7, 11) is 0. The Morgan fingerprint density at radius 1 is 1.50 bits per heavy atom. The highest BCUT2D eigenvalue weighted by Gasteiger charge is 2.08. The van der Waals surface area contributed by atoms with Gasteiger partial charge in [0.05, 0.1) is 6.10 Å². The van der Waals surface area contributed by atoms with E-state index in [0.717, 1.165) is 11.9 Å². The first-order valence-corrected chi connectivity index (χ1v) is 3.36. The van der Waals surface area contributed by atoms with E-state index in [9.17, 15) is 9.90 Å². The molecule has 0 aromatic carbocycles. The topological polar surface area (TPSA) is 37.3 Å². The molecule has 1 N–H and O–H groups in total. The van der Waals surface area contributed by atoms with Crippen molar-refractivity contribution in [2.24, 2.45) is 5.92 Å². The predicted octanol–water partition coefficient (Wildman–Crippen LogP) is 1.15. The fraction of sp³-hybridized carbons (Fsp3) is 0.625. The molecule has 0 fully saturated rings. The smallest absolute Gasteiger partial charge is 0.125 e. The van der Waals surface area contributed by atoms with Crippen molar-refractivity contribution in [3.63, 3.8) is 0 Å². The van der Waals surface area contributed by atoms with Gasteiger partial charge in [0.25, 0.3) is 0 Å². The highest BCUT2D eigenvalue weighted by atomic mass is 16.3. The fourth-order valence-electron chi connectivity index (χ4n) is 0.574. The van der Waals surface area contributed by atoms with Crippen LogP contribution in [0.5, 0.6) is 0 Å². The van der Waals surface area contributed by atoms with Crippen molar-refractivity contribution in [3.8, 4) is 0 Å². The van der Waals surface area contributed by atoms with E-state index in [1.807, 2.05) is 13.8 Å². The molecule has 0 saturated carbocycles. The van der Waals surface area contributed by atoms with Crippen molar-refractivity contribution in [1.82, 2.24) is 0 Å². The van der Waals surface area contributed by atoms with Gasteiger partial charge in [-0.2, -0.15) is 0 Å². The summed E-state index contributed by atoms with van der Waals surface area (Å²) in [5, 5.41) is 9.18. The third-order valence-electron chi connectivity index (χ3n) is 1.26. The quantitative estimate of drug-likeness (QED) is 0.474. The van der Waals surface area contributed by atoms with Crippen molar-refractivity contribution >= 4 is 6.29 Å². The van der Waals surface area contributed by atoms with Gasteiger partial charge < -0.3 is 9.90 Å². The summed E-state index contributed by atoms with van der Waals surface area (Å²) in [6.45, 7) is 5.47. The molecule has 0 radical (unpaired) electrons. The van der Waals surface area contributed by atoms with E-state index in [1.54, 1.807) is 13.0 Å². The minimum Gasteiger partial charge on any atom is -0.388 e. The molecule has 0 heterocycles. The van der Waals surface area contributed by atoms with Gasteiger partial charge in [-0.05, 0) is 13.8 Å². The molecule has 2 heteroatoms. The number of rotatable bonds is 3. The largest absolute Gasteiger partial charge is 0.388 e. The summed E-state index contributed by atoms with van der Waals surface area (Å²) in [5.41, 5.74) is 1.03. The van der Waals surface area contributed by atoms with E-state index in [1.165, 1.54) is 0 Å². The van der Waals surface area contributed by atoms with Crippen LogP contribution in [0.1, 0.15) is 20.8 Å². The standard InChI is InChI=1S/C8H14O2/c1-6(2)4-8(10)7(3)5-9/h4-5,7-8,10H,1-3H3. The van der Waals surface area contributed by atoms with Gasteiger partial charge in [0.2, 0.25) is 0 Å². The van der Waals surface area contributed by atoms with Crippen LogP contribution in [0.15, 0.2) is 11.6 Å². The Kier molecular flexibility index (Phi) is 3.96. The lowest BCUT2D eigenvalue weighted by Crippen LogP contribution is -2.15. The number of allylic oxidation sites excluding steroid dienone is 1. The van der Waals surface area contributed by atoms with Gasteiger partial charge in [-0.25, -0.2) is 0 Å². The second kappa shape index (κ2) is 4.23. The summed E-state index contributed by atoms with van der Waals surface area (Å²) < 4.78 is 0. The van der Waals surface area contributed by atoms with Crippen LogP contribution in [-0.4, -0.2) is 17.5 Å². The minimum atomic E-state index is -0.623. The lowest BCUT2D eigenvalue weighted by molar-refractivity contribution is -0.112. The second-order valence-electron chi connectivity index (χ2n) is 2.73. The summed E-state index contributed by atoms with van der Waals surface area (Å²) >= 11 is 0. The summed E-state index contributed by atoms with van der Waals surface area (Å²) in [4.78, 5) is 10.1. The molecule has 58 valence electrons. The van der Waals surface area contributed by atoms with E-state index in [4.69, 9.17) is 0 Å². The molecule has 0 aromatic rings. The SMILES string of the molecule is CC(C)=CC(O)C(C)C=O. The molecule has 0 amide bonds. The molecule has 0 saturated heterocycles. The Hall–Kier alpha value is -0.630. The lowest BCUT2D eigenvalue weighted by atomic mass is 10.1. The Labute approximate surface area is 61.6 Å². The monoisotopic (exact) mass is 142 g/mol. The van der Waals surface area contributed by atoms with Gasteiger partial charge in [-0.1, -0.05) is 18.6 Å². The van der Waals surface area contributed by atoms with E-state index in [-0.39, 0.29) is 5.92 Å². The number of hydrogen-bond donors (Lipinski definition) is 1. The van der Waals surface area contributed by atoms with Crippen LogP contribution in [0, 0.1) is 5.92 Å². The first-order valence-electron chi connectivity index (χ1n) is 3.36. The third-order valence-corrected chi connectivity index (χ3v) is 1.26. The molecule has 0 aliphatic rings. The molecule has 0 aromatic heterocycles. The van der Waals surface area contributed by atoms with Gasteiger partial charge in [0.15, 0.2) is 0 Å². The van der Waals surface area contributed by atoms with Crippen LogP contribution < -0.4 is 0 Å². The molecule has 0 aliphatic heterocycles. The van der Waals surface area contributed by atoms with Crippen molar-refractivity contribution in [3.05, 3.63) is 11.6 Å². The zero-order valence-electron chi connectivity index (χ0n) is 6.66. The molecule has 0 aliphatic carbocycles. The Morgan fingerprint density at radius 3 is 2.30 bits per heavy atom. The summed E-state index contributed by atoms with van der Waals surface area (Å²) in [6.07, 6.45) is 1.81.